The Morgan fingerprint density at radius 2 is 2.00 bits per heavy atom. The predicted octanol–water partition coefficient (Wildman–Crippen LogP) is 2.98. The summed E-state index contributed by atoms with van der Waals surface area (Å²) >= 11 is 0. The van der Waals surface area contributed by atoms with Crippen molar-refractivity contribution >= 4 is 23.8 Å². The lowest BCUT2D eigenvalue weighted by molar-refractivity contribution is -0.142. The lowest BCUT2D eigenvalue weighted by Gasteiger charge is -2.39. The fourth-order valence-electron chi connectivity index (χ4n) is 4.43. The van der Waals surface area contributed by atoms with Gasteiger partial charge < -0.3 is 14.5 Å². The summed E-state index contributed by atoms with van der Waals surface area (Å²) in [7, 11) is 1.36. The van der Waals surface area contributed by atoms with Gasteiger partial charge >= 0.3 is 12.1 Å². The van der Waals surface area contributed by atoms with E-state index < -0.39 is 11.9 Å². The number of fused-ring (bicyclic) bond motifs is 1. The number of methoxy groups -OCH3 is 1. The number of carbonyl (C=O) groups excluding carboxylic acids is 1. The molecule has 2 aliphatic heterocycles. The summed E-state index contributed by atoms with van der Waals surface area (Å²) in [5.41, 5.74) is -1.01. The van der Waals surface area contributed by atoms with Crippen molar-refractivity contribution in [1.82, 2.24) is 9.97 Å². The van der Waals surface area contributed by atoms with E-state index in [1.54, 1.807) is 4.90 Å². The molecule has 152 valence electrons. The van der Waals surface area contributed by atoms with Gasteiger partial charge in [0.15, 0.2) is 5.69 Å². The molecular weight excluding hydrogens is 373 g/mol. The van der Waals surface area contributed by atoms with Crippen LogP contribution >= 0.6 is 0 Å². The molecule has 4 atom stereocenters. The van der Waals surface area contributed by atoms with Crippen LogP contribution in [0.4, 0.5) is 24.9 Å². The first-order valence-electron chi connectivity index (χ1n) is 9.44. The summed E-state index contributed by atoms with van der Waals surface area (Å²) in [5.74, 6) is 0.983. The van der Waals surface area contributed by atoms with Crippen LogP contribution in [0.5, 0.6) is 0 Å². The number of rotatable bonds is 5. The number of carbonyl (C=O) groups is 1. The highest BCUT2D eigenvalue weighted by Gasteiger charge is 2.57. The molecule has 1 saturated carbocycles. The third-order valence-electron chi connectivity index (χ3n) is 6.26. The van der Waals surface area contributed by atoms with E-state index in [1.165, 1.54) is 13.2 Å². The molecule has 0 N–H and O–H groups in total. The van der Waals surface area contributed by atoms with Crippen molar-refractivity contribution in [3.8, 4) is 0 Å². The first-order chi connectivity index (χ1) is 13.2. The van der Waals surface area contributed by atoms with Crippen LogP contribution in [0.3, 0.4) is 0 Å². The molecule has 4 rings (SSSR count). The Labute approximate surface area is 161 Å². The number of esters is 1. The molecule has 0 spiro atoms. The number of nitrogens with zero attached hydrogens (tertiary/aromatic N) is 4. The molecule has 1 aromatic heterocycles. The molecule has 6 nitrogen and oxygen atoms in total. The topological polar surface area (TPSA) is 58.6 Å². The van der Waals surface area contributed by atoms with Crippen molar-refractivity contribution in [3.05, 3.63) is 17.8 Å². The van der Waals surface area contributed by atoms with Gasteiger partial charge in [-0.05, 0) is 31.1 Å². The SMILES string of the molecule is C=Cc1c(N2C[C@@H]3C(CC(=O)OC)[C@@H]3C2)nc(N2CC[C@@H]2C)nc1C(F)(F)F. The van der Waals surface area contributed by atoms with Crippen molar-refractivity contribution < 1.29 is 22.7 Å². The highest BCUT2D eigenvalue weighted by Crippen LogP contribution is 2.55. The number of hydrogen-bond donors (Lipinski definition) is 0. The van der Waals surface area contributed by atoms with Crippen LogP contribution in [-0.4, -0.2) is 48.7 Å². The van der Waals surface area contributed by atoms with Gasteiger partial charge in [0.2, 0.25) is 5.95 Å². The maximum Gasteiger partial charge on any atom is 0.434 e. The van der Waals surface area contributed by atoms with Gasteiger partial charge in [-0.3, -0.25) is 4.79 Å². The predicted molar refractivity (Wildman–Crippen MR) is 97.9 cm³/mol. The van der Waals surface area contributed by atoms with E-state index in [-0.39, 0.29) is 47.1 Å². The number of ether oxygens (including phenoxy) is 1. The summed E-state index contributed by atoms with van der Waals surface area (Å²) in [6, 6.07) is 0.125. The molecular formula is C19H23F3N4O2. The number of hydrogen-bond acceptors (Lipinski definition) is 6. The molecule has 28 heavy (non-hydrogen) atoms. The maximum absolute atomic E-state index is 13.7. The Morgan fingerprint density at radius 1 is 1.32 bits per heavy atom. The van der Waals surface area contributed by atoms with E-state index in [1.807, 2.05) is 11.8 Å². The molecule has 1 unspecified atom stereocenters. The molecule has 2 saturated heterocycles. The highest BCUT2D eigenvalue weighted by atomic mass is 19.4. The van der Waals surface area contributed by atoms with Gasteiger partial charge in [-0.25, -0.2) is 4.98 Å². The zero-order valence-electron chi connectivity index (χ0n) is 15.9. The van der Waals surface area contributed by atoms with Crippen LogP contribution in [0.1, 0.15) is 31.0 Å². The number of halogens is 3. The maximum atomic E-state index is 13.7. The van der Waals surface area contributed by atoms with E-state index in [4.69, 9.17) is 4.74 Å². The fraction of sp³-hybridized carbons (Fsp3) is 0.632. The average Bonchev–Trinajstić information content (AvgIpc) is 3.07. The third kappa shape index (κ3) is 3.10. The van der Waals surface area contributed by atoms with Crippen LogP contribution in [0.2, 0.25) is 0 Å². The van der Waals surface area contributed by atoms with Gasteiger partial charge in [-0.15, -0.1) is 0 Å². The average molecular weight is 396 g/mol. The van der Waals surface area contributed by atoms with E-state index >= 15 is 0 Å². The largest absolute Gasteiger partial charge is 0.469 e. The van der Waals surface area contributed by atoms with Crippen molar-refractivity contribution in [1.29, 1.82) is 0 Å². The van der Waals surface area contributed by atoms with Gasteiger partial charge in [0, 0.05) is 37.7 Å². The van der Waals surface area contributed by atoms with Crippen LogP contribution in [0, 0.1) is 17.8 Å². The molecule has 9 heteroatoms. The summed E-state index contributed by atoms with van der Waals surface area (Å²) in [6.07, 6.45) is -2.12. The van der Waals surface area contributed by atoms with Crippen LogP contribution in [-0.2, 0) is 15.7 Å². The fourth-order valence-corrected chi connectivity index (χ4v) is 4.43. The number of anilines is 2. The third-order valence-corrected chi connectivity index (χ3v) is 6.26. The van der Waals surface area contributed by atoms with Gasteiger partial charge in [0.05, 0.1) is 7.11 Å². The van der Waals surface area contributed by atoms with E-state index in [2.05, 4.69) is 16.5 Å². The second-order valence-corrected chi connectivity index (χ2v) is 7.82. The quantitative estimate of drug-likeness (QED) is 0.714. The molecule has 0 bridgehead atoms. The monoisotopic (exact) mass is 396 g/mol. The molecule has 0 amide bonds. The summed E-state index contributed by atoms with van der Waals surface area (Å²) in [5, 5.41) is 0. The van der Waals surface area contributed by atoms with Crippen LogP contribution < -0.4 is 9.80 Å². The first-order valence-corrected chi connectivity index (χ1v) is 9.44. The Morgan fingerprint density at radius 3 is 2.46 bits per heavy atom. The van der Waals surface area contributed by atoms with Crippen molar-refractivity contribution in [2.75, 3.05) is 36.5 Å². The highest BCUT2D eigenvalue weighted by molar-refractivity contribution is 5.71. The van der Waals surface area contributed by atoms with Crippen molar-refractivity contribution in [2.24, 2.45) is 17.8 Å². The minimum absolute atomic E-state index is 0.0738. The summed E-state index contributed by atoms with van der Waals surface area (Å²) < 4.78 is 45.7. The minimum atomic E-state index is -4.58. The second kappa shape index (κ2) is 6.63. The molecule has 1 aromatic rings. The zero-order chi connectivity index (χ0) is 20.2. The van der Waals surface area contributed by atoms with Crippen LogP contribution in [0.25, 0.3) is 6.08 Å². The molecule has 1 aliphatic carbocycles. The number of aromatic nitrogens is 2. The summed E-state index contributed by atoms with van der Waals surface area (Å²) in [4.78, 5) is 23.5. The van der Waals surface area contributed by atoms with Gasteiger partial charge in [-0.2, -0.15) is 18.2 Å². The van der Waals surface area contributed by atoms with Gasteiger partial charge in [-0.1, -0.05) is 12.7 Å². The first kappa shape index (κ1) is 19.0. The number of alkyl halides is 3. The minimum Gasteiger partial charge on any atom is -0.469 e. The Kier molecular flexibility index (Phi) is 4.50. The molecule has 3 aliphatic rings. The van der Waals surface area contributed by atoms with Crippen molar-refractivity contribution in [2.45, 2.75) is 32.0 Å². The lowest BCUT2D eigenvalue weighted by Crippen LogP contribution is -2.47. The summed E-state index contributed by atoms with van der Waals surface area (Å²) in [6.45, 7) is 7.33. The van der Waals surface area contributed by atoms with Crippen molar-refractivity contribution in [3.63, 3.8) is 0 Å². The van der Waals surface area contributed by atoms with Crippen LogP contribution in [0.15, 0.2) is 6.58 Å². The van der Waals surface area contributed by atoms with E-state index in [0.29, 0.717) is 26.1 Å². The molecule has 0 radical (unpaired) electrons. The number of piperidine rings is 1. The zero-order valence-corrected chi connectivity index (χ0v) is 15.9. The molecule has 3 fully saturated rings. The standard InChI is InChI=1S/C19H23F3N4O2/c1-4-11-16(19(20,21)22)23-18(26-6-5-10(26)2)24-17(11)25-8-13-12(14(13)9-25)7-15(27)28-3/h4,10,12-14H,1,5-9H2,2-3H3/t10-,12?,13-,14+/m0/s1. The van der Waals surface area contributed by atoms with E-state index in [0.717, 1.165) is 6.42 Å². The van der Waals surface area contributed by atoms with E-state index in [9.17, 15) is 18.0 Å². The lowest BCUT2D eigenvalue weighted by atomic mass is 10.1. The molecule has 0 aromatic carbocycles. The Bertz CT molecular complexity index is 801. The normalized spacial score (nSPS) is 28.6. The van der Waals surface area contributed by atoms with Gasteiger partial charge in [0.1, 0.15) is 5.82 Å². The Balaban J connectivity index is 1.63. The van der Waals surface area contributed by atoms with Gasteiger partial charge in [0.25, 0.3) is 0 Å². The smallest absolute Gasteiger partial charge is 0.434 e. The molecule has 3 heterocycles. The second-order valence-electron chi connectivity index (χ2n) is 7.82. The Hall–Kier alpha value is -2.32.